The normalized spacial score (nSPS) is 31.9. The lowest BCUT2D eigenvalue weighted by Gasteiger charge is -2.55. The summed E-state index contributed by atoms with van der Waals surface area (Å²) in [6.45, 7) is 6.10. The van der Waals surface area contributed by atoms with E-state index in [1.165, 1.54) is 25.7 Å². The molecule has 5 heteroatoms. The van der Waals surface area contributed by atoms with Crippen LogP contribution in [0.1, 0.15) is 88.4 Å². The van der Waals surface area contributed by atoms with Gasteiger partial charge in [-0.05, 0) is 107 Å². The largest absolute Gasteiger partial charge is 0.371 e. The van der Waals surface area contributed by atoms with Crippen LogP contribution in [0.2, 0.25) is 0 Å². The van der Waals surface area contributed by atoms with Gasteiger partial charge in [0.15, 0.2) is 0 Å². The van der Waals surface area contributed by atoms with Gasteiger partial charge in [-0.1, -0.05) is 6.92 Å². The monoisotopic (exact) mass is 437 g/mol. The molecule has 1 aromatic rings. The lowest BCUT2D eigenvalue weighted by Crippen LogP contribution is -2.51. The molecule has 1 aliphatic heterocycles. The van der Waals surface area contributed by atoms with Crippen molar-refractivity contribution >= 4 is 23.2 Å². The zero-order valence-corrected chi connectivity index (χ0v) is 19.8. The van der Waals surface area contributed by atoms with E-state index in [1.54, 1.807) is 0 Å². The molecule has 5 aliphatic rings. The zero-order valence-electron chi connectivity index (χ0n) is 19.8. The molecular formula is C27H39N3O2. The predicted molar refractivity (Wildman–Crippen MR) is 129 cm³/mol. The second-order valence-electron chi connectivity index (χ2n) is 11.2. The maximum absolute atomic E-state index is 13.5. The number of hydrogen-bond acceptors (Lipinski definition) is 3. The Bertz CT molecular complexity index is 838. The van der Waals surface area contributed by atoms with E-state index in [1.807, 2.05) is 25.1 Å². The van der Waals surface area contributed by atoms with Crippen LogP contribution in [0.25, 0.3) is 0 Å². The van der Waals surface area contributed by atoms with E-state index in [-0.39, 0.29) is 23.3 Å². The molecule has 2 amide bonds. The minimum atomic E-state index is -0.181. The highest BCUT2D eigenvalue weighted by Crippen LogP contribution is 2.60. The van der Waals surface area contributed by atoms with Crippen LogP contribution in [0.3, 0.4) is 0 Å². The van der Waals surface area contributed by atoms with Crippen LogP contribution >= 0.6 is 0 Å². The summed E-state index contributed by atoms with van der Waals surface area (Å²) in [4.78, 5) is 29.1. The smallest absolute Gasteiger partial charge is 0.253 e. The first-order valence-corrected chi connectivity index (χ1v) is 13.0. The van der Waals surface area contributed by atoms with Gasteiger partial charge >= 0.3 is 0 Å². The van der Waals surface area contributed by atoms with E-state index in [4.69, 9.17) is 0 Å². The predicted octanol–water partition coefficient (Wildman–Crippen LogP) is 5.36. The standard InChI is InChI=1S/C27H39N3O2/c1-3-18(2)28-25(31)23-14-22(7-8-24(23)30-9-5-4-6-10-30)29-26(32)27-15-19-11-20(16-27)13-21(12-19)17-27/h7-8,14,18-21H,3-6,9-13,15-17H2,1-2H3,(H,28,31)(H,29,32)/t18-,19?,20?,21?,27?/m1/s1. The quantitative estimate of drug-likeness (QED) is 0.630. The molecule has 32 heavy (non-hydrogen) atoms. The van der Waals surface area contributed by atoms with Crippen molar-refractivity contribution < 1.29 is 9.59 Å². The van der Waals surface area contributed by atoms with E-state index in [0.29, 0.717) is 5.56 Å². The minimum absolute atomic E-state index is 0.0363. The Hall–Kier alpha value is -2.04. The number of amides is 2. The van der Waals surface area contributed by atoms with Crippen LogP contribution in [0, 0.1) is 23.2 Å². The fourth-order valence-electron chi connectivity index (χ4n) is 7.26. The summed E-state index contributed by atoms with van der Waals surface area (Å²) >= 11 is 0. The van der Waals surface area contributed by atoms with Crippen LogP contribution in [0.5, 0.6) is 0 Å². The first kappa shape index (κ1) is 21.8. The number of rotatable bonds is 6. The Morgan fingerprint density at radius 3 is 2.25 bits per heavy atom. The molecular weight excluding hydrogens is 398 g/mol. The Kier molecular flexibility index (Phi) is 5.94. The molecule has 1 atom stereocenters. The van der Waals surface area contributed by atoms with Crippen molar-refractivity contribution in [3.63, 3.8) is 0 Å². The molecule has 5 fully saturated rings. The van der Waals surface area contributed by atoms with E-state index < -0.39 is 0 Å². The van der Waals surface area contributed by atoms with Crippen molar-refractivity contribution in [2.24, 2.45) is 23.2 Å². The molecule has 1 heterocycles. The number of benzene rings is 1. The number of nitrogens with zero attached hydrogens (tertiary/aromatic N) is 1. The Morgan fingerprint density at radius 2 is 1.66 bits per heavy atom. The molecule has 4 bridgehead atoms. The second kappa shape index (κ2) is 8.72. The third kappa shape index (κ3) is 4.15. The number of carbonyl (C=O) groups is 2. The number of nitrogens with one attached hydrogen (secondary N) is 2. The third-order valence-corrected chi connectivity index (χ3v) is 8.71. The van der Waals surface area contributed by atoms with Crippen molar-refractivity contribution in [1.29, 1.82) is 0 Å². The van der Waals surface area contributed by atoms with E-state index in [9.17, 15) is 9.59 Å². The summed E-state index contributed by atoms with van der Waals surface area (Å²) < 4.78 is 0. The summed E-state index contributed by atoms with van der Waals surface area (Å²) in [7, 11) is 0. The molecule has 174 valence electrons. The van der Waals surface area contributed by atoms with E-state index in [2.05, 4.69) is 22.5 Å². The lowest BCUT2D eigenvalue weighted by atomic mass is 9.49. The number of anilines is 2. The van der Waals surface area contributed by atoms with Crippen molar-refractivity contribution in [3.05, 3.63) is 23.8 Å². The van der Waals surface area contributed by atoms with Gasteiger partial charge in [0, 0.05) is 30.5 Å². The molecule has 2 N–H and O–H groups in total. The molecule has 0 aromatic heterocycles. The fourth-order valence-corrected chi connectivity index (χ4v) is 7.26. The zero-order chi connectivity index (χ0) is 22.3. The van der Waals surface area contributed by atoms with Gasteiger partial charge in [-0.25, -0.2) is 0 Å². The van der Waals surface area contributed by atoms with Gasteiger partial charge in [0.05, 0.1) is 11.0 Å². The summed E-state index contributed by atoms with van der Waals surface area (Å²) in [5.74, 6) is 2.38. The molecule has 1 saturated heterocycles. The molecule has 0 radical (unpaired) electrons. The van der Waals surface area contributed by atoms with Crippen LogP contribution in [-0.4, -0.2) is 30.9 Å². The molecule has 6 rings (SSSR count). The minimum Gasteiger partial charge on any atom is -0.371 e. The van der Waals surface area contributed by atoms with Gasteiger partial charge in [-0.2, -0.15) is 0 Å². The van der Waals surface area contributed by atoms with Crippen LogP contribution in [0.15, 0.2) is 18.2 Å². The van der Waals surface area contributed by atoms with Crippen molar-refractivity contribution in [3.8, 4) is 0 Å². The number of carbonyl (C=O) groups excluding carboxylic acids is 2. The van der Waals surface area contributed by atoms with Crippen molar-refractivity contribution in [2.75, 3.05) is 23.3 Å². The van der Waals surface area contributed by atoms with E-state index in [0.717, 1.165) is 80.7 Å². The van der Waals surface area contributed by atoms with Gasteiger partial charge in [-0.15, -0.1) is 0 Å². The van der Waals surface area contributed by atoms with Gasteiger partial charge in [0.1, 0.15) is 0 Å². The van der Waals surface area contributed by atoms with Gasteiger partial charge in [0.25, 0.3) is 5.91 Å². The average molecular weight is 438 g/mol. The molecule has 0 spiro atoms. The first-order valence-electron chi connectivity index (χ1n) is 13.0. The average Bonchev–Trinajstić information content (AvgIpc) is 2.78. The Morgan fingerprint density at radius 1 is 1.03 bits per heavy atom. The second-order valence-corrected chi connectivity index (χ2v) is 11.2. The summed E-state index contributed by atoms with van der Waals surface area (Å²) in [6, 6.07) is 6.09. The van der Waals surface area contributed by atoms with Gasteiger partial charge in [0.2, 0.25) is 5.91 Å². The molecule has 4 aliphatic carbocycles. The van der Waals surface area contributed by atoms with Crippen LogP contribution in [-0.2, 0) is 4.79 Å². The highest BCUT2D eigenvalue weighted by molar-refractivity contribution is 6.03. The highest BCUT2D eigenvalue weighted by atomic mass is 16.2. The molecule has 4 saturated carbocycles. The molecule has 0 unspecified atom stereocenters. The highest BCUT2D eigenvalue weighted by Gasteiger charge is 2.54. The Balaban J connectivity index is 1.38. The van der Waals surface area contributed by atoms with Crippen molar-refractivity contribution in [2.45, 2.75) is 84.1 Å². The maximum atomic E-state index is 13.5. The lowest BCUT2D eigenvalue weighted by molar-refractivity contribution is -0.140. The van der Waals surface area contributed by atoms with Crippen molar-refractivity contribution in [1.82, 2.24) is 5.32 Å². The Labute approximate surface area is 192 Å². The number of piperidine rings is 1. The van der Waals surface area contributed by atoms with Crippen LogP contribution in [0.4, 0.5) is 11.4 Å². The summed E-state index contributed by atoms with van der Waals surface area (Å²) in [6.07, 6.45) is 11.6. The fraction of sp³-hybridized carbons (Fsp3) is 0.704. The van der Waals surface area contributed by atoms with E-state index >= 15 is 0 Å². The van der Waals surface area contributed by atoms with Gasteiger partial charge in [-0.3, -0.25) is 9.59 Å². The third-order valence-electron chi connectivity index (χ3n) is 8.71. The SMILES string of the molecule is CC[C@@H](C)NC(=O)c1cc(NC(=O)C23CC4CC(CC(C4)C2)C3)ccc1N1CCCCC1. The summed E-state index contributed by atoms with van der Waals surface area (Å²) in [5, 5.41) is 6.39. The molecule has 1 aromatic carbocycles. The topological polar surface area (TPSA) is 61.4 Å². The number of hydrogen-bond donors (Lipinski definition) is 2. The molecule has 5 nitrogen and oxygen atoms in total. The van der Waals surface area contributed by atoms with Gasteiger partial charge < -0.3 is 15.5 Å². The maximum Gasteiger partial charge on any atom is 0.253 e. The van der Waals surface area contributed by atoms with Crippen LogP contribution < -0.4 is 15.5 Å². The first-order chi connectivity index (χ1) is 15.5. The summed E-state index contributed by atoms with van der Waals surface area (Å²) in [5.41, 5.74) is 2.27.